The van der Waals surface area contributed by atoms with E-state index in [-0.39, 0.29) is 18.3 Å². The molecule has 4 rings (SSSR count). The molecule has 0 heterocycles. The minimum absolute atomic E-state index is 0.00180. The quantitative estimate of drug-likeness (QED) is 0.668. The Labute approximate surface area is 170 Å². The van der Waals surface area contributed by atoms with E-state index in [9.17, 15) is 9.59 Å². The number of benzene rings is 3. The fourth-order valence-corrected chi connectivity index (χ4v) is 3.93. The van der Waals surface area contributed by atoms with Gasteiger partial charge in [-0.2, -0.15) is 0 Å². The fourth-order valence-electron chi connectivity index (χ4n) is 3.93. The molecule has 0 saturated carbocycles. The maximum Gasteiger partial charge on any atom is 0.407 e. The molecule has 4 heteroatoms. The minimum Gasteiger partial charge on any atom is -0.449 e. The SMILES string of the molecule is CC(=O)[C@@H](Cc1ccccc1)NC(=O)OCC1c2ccccc2-c2ccccc21. The second-order valence-corrected chi connectivity index (χ2v) is 7.32. The lowest BCUT2D eigenvalue weighted by molar-refractivity contribution is -0.118. The lowest BCUT2D eigenvalue weighted by atomic mass is 9.98. The first kappa shape index (κ1) is 18.9. The summed E-state index contributed by atoms with van der Waals surface area (Å²) in [6.07, 6.45) is -0.122. The van der Waals surface area contributed by atoms with Gasteiger partial charge in [-0.05, 0) is 41.2 Å². The molecule has 1 aliphatic rings. The molecule has 1 amide bonds. The first-order valence-electron chi connectivity index (χ1n) is 9.79. The van der Waals surface area contributed by atoms with E-state index >= 15 is 0 Å². The van der Waals surface area contributed by atoms with Gasteiger partial charge in [0.1, 0.15) is 6.61 Å². The number of ether oxygens (including phenoxy) is 1. The molecule has 0 aliphatic heterocycles. The number of carbonyl (C=O) groups is 2. The van der Waals surface area contributed by atoms with Gasteiger partial charge < -0.3 is 10.1 Å². The molecular weight excluding hydrogens is 362 g/mol. The van der Waals surface area contributed by atoms with Crippen molar-refractivity contribution in [2.24, 2.45) is 0 Å². The van der Waals surface area contributed by atoms with Crippen molar-refractivity contribution >= 4 is 11.9 Å². The van der Waals surface area contributed by atoms with Crippen LogP contribution in [0.1, 0.15) is 29.5 Å². The maximum absolute atomic E-state index is 12.4. The number of alkyl carbamates (subject to hydrolysis) is 1. The zero-order valence-corrected chi connectivity index (χ0v) is 16.3. The molecule has 0 aromatic heterocycles. The summed E-state index contributed by atoms with van der Waals surface area (Å²) >= 11 is 0. The second kappa shape index (κ2) is 8.31. The summed E-state index contributed by atoms with van der Waals surface area (Å²) in [5, 5.41) is 2.73. The Morgan fingerprint density at radius 3 is 2.00 bits per heavy atom. The summed E-state index contributed by atoms with van der Waals surface area (Å²) in [7, 11) is 0. The highest BCUT2D eigenvalue weighted by Gasteiger charge is 2.29. The van der Waals surface area contributed by atoms with E-state index in [2.05, 4.69) is 29.6 Å². The van der Waals surface area contributed by atoms with E-state index in [4.69, 9.17) is 4.74 Å². The number of fused-ring (bicyclic) bond motifs is 3. The molecule has 0 spiro atoms. The predicted octanol–water partition coefficient (Wildman–Crippen LogP) is 4.73. The Morgan fingerprint density at radius 1 is 0.862 bits per heavy atom. The fraction of sp³-hybridized carbons (Fsp3) is 0.200. The van der Waals surface area contributed by atoms with Crippen molar-refractivity contribution in [2.75, 3.05) is 6.61 Å². The van der Waals surface area contributed by atoms with Crippen LogP contribution in [0.4, 0.5) is 4.79 Å². The number of nitrogens with one attached hydrogen (secondary N) is 1. The number of hydrogen-bond acceptors (Lipinski definition) is 3. The number of Topliss-reactive ketones (excluding diaryl/α,β-unsaturated/α-hetero) is 1. The zero-order valence-electron chi connectivity index (χ0n) is 16.3. The first-order chi connectivity index (χ1) is 14.1. The van der Waals surface area contributed by atoms with E-state index in [1.807, 2.05) is 54.6 Å². The molecule has 0 bridgehead atoms. The molecular formula is C25H23NO3. The van der Waals surface area contributed by atoms with Gasteiger partial charge in [-0.1, -0.05) is 78.9 Å². The van der Waals surface area contributed by atoms with Crippen molar-refractivity contribution in [3.63, 3.8) is 0 Å². The Hall–Kier alpha value is -3.40. The van der Waals surface area contributed by atoms with Gasteiger partial charge in [0.05, 0.1) is 6.04 Å². The van der Waals surface area contributed by atoms with E-state index in [1.54, 1.807) is 0 Å². The number of ketones is 1. The van der Waals surface area contributed by atoms with Gasteiger partial charge in [-0.15, -0.1) is 0 Å². The third kappa shape index (κ3) is 4.06. The summed E-state index contributed by atoms with van der Waals surface area (Å²) in [5.74, 6) is -0.0968. The van der Waals surface area contributed by atoms with E-state index in [0.717, 1.165) is 16.7 Å². The van der Waals surface area contributed by atoms with Gasteiger partial charge in [0, 0.05) is 5.92 Å². The molecule has 0 radical (unpaired) electrons. The van der Waals surface area contributed by atoms with Gasteiger partial charge in [0.2, 0.25) is 0 Å². The van der Waals surface area contributed by atoms with Crippen molar-refractivity contribution in [3.8, 4) is 11.1 Å². The van der Waals surface area contributed by atoms with Crippen LogP contribution in [0.25, 0.3) is 11.1 Å². The topological polar surface area (TPSA) is 55.4 Å². The summed E-state index contributed by atoms with van der Waals surface area (Å²) in [6, 6.07) is 25.4. The molecule has 0 saturated heterocycles. The third-order valence-electron chi connectivity index (χ3n) is 5.41. The Morgan fingerprint density at radius 2 is 1.41 bits per heavy atom. The molecule has 3 aromatic carbocycles. The minimum atomic E-state index is -0.604. The normalized spacial score (nSPS) is 13.3. The van der Waals surface area contributed by atoms with Crippen LogP contribution >= 0.6 is 0 Å². The van der Waals surface area contributed by atoms with Crippen LogP contribution in [0, 0.1) is 0 Å². The summed E-state index contributed by atoms with van der Waals surface area (Å²) in [4.78, 5) is 24.4. The second-order valence-electron chi connectivity index (χ2n) is 7.32. The Bertz CT molecular complexity index is 984. The lowest BCUT2D eigenvalue weighted by Gasteiger charge is -2.18. The van der Waals surface area contributed by atoms with Crippen LogP contribution < -0.4 is 5.32 Å². The standard InChI is InChI=1S/C25H23NO3/c1-17(27)24(15-18-9-3-2-4-10-18)26-25(28)29-16-23-21-13-7-5-11-19(21)20-12-6-8-14-22(20)23/h2-14,23-24H,15-16H2,1H3,(H,26,28)/t24-/m1/s1. The summed E-state index contributed by atoms with van der Waals surface area (Å²) in [5.41, 5.74) is 5.68. The number of rotatable bonds is 6. The molecule has 1 atom stereocenters. The molecule has 1 aliphatic carbocycles. The van der Waals surface area contributed by atoms with Crippen molar-refractivity contribution in [1.82, 2.24) is 5.32 Å². The summed E-state index contributed by atoms with van der Waals surface area (Å²) < 4.78 is 5.56. The first-order valence-corrected chi connectivity index (χ1v) is 9.79. The number of carbonyl (C=O) groups excluding carboxylic acids is 2. The van der Waals surface area contributed by atoms with Gasteiger partial charge in [0.25, 0.3) is 0 Å². The third-order valence-corrected chi connectivity index (χ3v) is 5.41. The molecule has 0 unspecified atom stereocenters. The smallest absolute Gasteiger partial charge is 0.407 e. The van der Waals surface area contributed by atoms with Gasteiger partial charge in [0.15, 0.2) is 5.78 Å². The van der Waals surface area contributed by atoms with E-state index < -0.39 is 12.1 Å². The molecule has 146 valence electrons. The number of amides is 1. The summed E-state index contributed by atoms with van der Waals surface area (Å²) in [6.45, 7) is 1.72. The van der Waals surface area contributed by atoms with Crippen LogP contribution in [0.3, 0.4) is 0 Å². The molecule has 29 heavy (non-hydrogen) atoms. The average molecular weight is 385 g/mol. The zero-order chi connectivity index (χ0) is 20.2. The van der Waals surface area contributed by atoms with E-state index in [0.29, 0.717) is 6.42 Å². The predicted molar refractivity (Wildman–Crippen MR) is 113 cm³/mol. The van der Waals surface area contributed by atoms with Gasteiger partial charge in [-0.3, -0.25) is 4.79 Å². The van der Waals surface area contributed by atoms with Crippen LogP contribution in [0.15, 0.2) is 78.9 Å². The van der Waals surface area contributed by atoms with Crippen LogP contribution in [-0.2, 0) is 16.0 Å². The number of hydrogen-bond donors (Lipinski definition) is 1. The van der Waals surface area contributed by atoms with E-state index in [1.165, 1.54) is 18.1 Å². The van der Waals surface area contributed by atoms with Crippen molar-refractivity contribution in [1.29, 1.82) is 0 Å². The molecule has 3 aromatic rings. The van der Waals surface area contributed by atoms with Crippen LogP contribution in [-0.4, -0.2) is 24.5 Å². The highest BCUT2D eigenvalue weighted by atomic mass is 16.5. The van der Waals surface area contributed by atoms with Crippen molar-refractivity contribution in [2.45, 2.75) is 25.3 Å². The van der Waals surface area contributed by atoms with Crippen molar-refractivity contribution < 1.29 is 14.3 Å². The lowest BCUT2D eigenvalue weighted by Crippen LogP contribution is -2.42. The molecule has 0 fully saturated rings. The monoisotopic (exact) mass is 385 g/mol. The van der Waals surface area contributed by atoms with Crippen LogP contribution in [0.2, 0.25) is 0 Å². The molecule has 4 nitrogen and oxygen atoms in total. The van der Waals surface area contributed by atoms with Crippen molar-refractivity contribution in [3.05, 3.63) is 95.6 Å². The van der Waals surface area contributed by atoms with Gasteiger partial charge in [-0.25, -0.2) is 4.79 Å². The Kier molecular flexibility index (Phi) is 5.43. The van der Waals surface area contributed by atoms with Gasteiger partial charge >= 0.3 is 6.09 Å². The largest absolute Gasteiger partial charge is 0.449 e. The highest BCUT2D eigenvalue weighted by molar-refractivity contribution is 5.85. The molecule has 1 N–H and O–H groups in total. The average Bonchev–Trinajstić information content (AvgIpc) is 3.06. The Balaban J connectivity index is 1.43. The maximum atomic E-state index is 12.4. The highest BCUT2D eigenvalue weighted by Crippen LogP contribution is 2.44. The van der Waals surface area contributed by atoms with Crippen LogP contribution in [0.5, 0.6) is 0 Å².